The molecule has 4 heterocycles. The molecule has 3 aliphatic rings. The first-order valence-electron chi connectivity index (χ1n) is 13.5. The number of alkyl halides is 3. The van der Waals surface area contributed by atoms with Crippen LogP contribution in [0.25, 0.3) is 0 Å². The van der Waals surface area contributed by atoms with Crippen molar-refractivity contribution in [2.75, 3.05) is 57.7 Å². The number of aromatic nitrogens is 2. The molecular weight excluding hydrogens is 485 g/mol. The van der Waals surface area contributed by atoms with E-state index in [1.54, 1.807) is 0 Å². The monoisotopic (exact) mass is 526 g/mol. The van der Waals surface area contributed by atoms with Gasteiger partial charge in [0.1, 0.15) is 5.60 Å². The maximum Gasteiger partial charge on any atom is 0.419 e. The molecule has 0 bridgehead atoms. The molecule has 3 fully saturated rings. The third kappa shape index (κ3) is 8.43. The van der Waals surface area contributed by atoms with E-state index in [1.165, 1.54) is 12.8 Å². The predicted octanol–water partition coefficient (Wildman–Crippen LogP) is 4.34. The molecular formula is C26H41F3N6O2. The Morgan fingerprint density at radius 3 is 2.03 bits per heavy atom. The van der Waals surface area contributed by atoms with E-state index < -0.39 is 17.3 Å². The van der Waals surface area contributed by atoms with Crippen molar-refractivity contribution in [1.29, 1.82) is 0 Å². The van der Waals surface area contributed by atoms with Gasteiger partial charge in [-0.15, -0.1) is 0 Å². The van der Waals surface area contributed by atoms with Crippen LogP contribution in [0, 0.1) is 11.8 Å². The van der Waals surface area contributed by atoms with Crippen LogP contribution in [0.3, 0.4) is 0 Å². The highest BCUT2D eigenvalue weighted by molar-refractivity contribution is 5.68. The minimum atomic E-state index is -4.42. The quantitative estimate of drug-likeness (QED) is 0.591. The molecule has 0 spiro atoms. The van der Waals surface area contributed by atoms with Crippen molar-refractivity contribution in [1.82, 2.24) is 24.7 Å². The van der Waals surface area contributed by atoms with Gasteiger partial charge >= 0.3 is 12.3 Å². The average molecular weight is 527 g/mol. The second-order valence-electron chi connectivity index (χ2n) is 11.8. The molecule has 208 valence electrons. The zero-order valence-corrected chi connectivity index (χ0v) is 22.3. The zero-order valence-electron chi connectivity index (χ0n) is 22.3. The highest BCUT2D eigenvalue weighted by Gasteiger charge is 2.32. The highest BCUT2D eigenvalue weighted by atomic mass is 19.4. The lowest BCUT2D eigenvalue weighted by Gasteiger charge is -2.38. The molecule has 37 heavy (non-hydrogen) atoms. The van der Waals surface area contributed by atoms with E-state index in [4.69, 9.17) is 4.74 Å². The Bertz CT molecular complexity index is 876. The van der Waals surface area contributed by atoms with Crippen molar-refractivity contribution in [3.8, 4) is 0 Å². The minimum absolute atomic E-state index is 0.156. The van der Waals surface area contributed by atoms with Crippen LogP contribution in [0.1, 0.15) is 58.4 Å². The van der Waals surface area contributed by atoms with Crippen molar-refractivity contribution in [3.05, 3.63) is 18.0 Å². The first-order chi connectivity index (χ1) is 17.4. The number of rotatable bonds is 6. The van der Waals surface area contributed by atoms with Crippen LogP contribution in [0.15, 0.2) is 12.4 Å². The van der Waals surface area contributed by atoms with Crippen LogP contribution >= 0.6 is 0 Å². The number of nitrogens with one attached hydrogen (secondary N) is 1. The molecule has 1 amide bonds. The fourth-order valence-electron chi connectivity index (χ4n) is 5.55. The Labute approximate surface area is 217 Å². The van der Waals surface area contributed by atoms with E-state index in [-0.39, 0.29) is 18.1 Å². The number of anilines is 1. The number of amides is 1. The predicted molar refractivity (Wildman–Crippen MR) is 135 cm³/mol. The van der Waals surface area contributed by atoms with Gasteiger partial charge in [-0.2, -0.15) is 13.2 Å². The maximum atomic E-state index is 12.7. The second-order valence-corrected chi connectivity index (χ2v) is 11.8. The number of hydrogen-bond donors (Lipinski definition) is 1. The molecule has 4 rings (SSSR count). The molecule has 1 aromatic rings. The third-order valence-corrected chi connectivity index (χ3v) is 7.59. The molecule has 0 aromatic carbocycles. The molecule has 1 N–H and O–H groups in total. The number of likely N-dealkylation sites (tertiary alicyclic amines) is 3. The van der Waals surface area contributed by atoms with Gasteiger partial charge in [-0.05, 0) is 77.8 Å². The summed E-state index contributed by atoms with van der Waals surface area (Å²) < 4.78 is 43.6. The third-order valence-electron chi connectivity index (χ3n) is 7.59. The van der Waals surface area contributed by atoms with Gasteiger partial charge in [0.05, 0.1) is 5.56 Å². The second kappa shape index (κ2) is 11.7. The molecule has 1 aromatic heterocycles. The Hall–Kier alpha value is -2.14. The van der Waals surface area contributed by atoms with Crippen LogP contribution in [0.4, 0.5) is 23.9 Å². The standard InChI is InChI=1S/C26H41F3N6O2/c1-25(2,3)37-24(36)35-12-6-20(7-13-35)16-33-9-4-19(5-10-33)17-34-11-8-22(18-34)32-23-30-14-21(15-31-23)26(27,28)29/h14-15,19-20,22H,4-13,16-18H2,1-3H3,(H,30,31,32). The van der Waals surface area contributed by atoms with E-state index >= 15 is 0 Å². The van der Waals surface area contributed by atoms with Crippen LogP contribution < -0.4 is 5.32 Å². The van der Waals surface area contributed by atoms with Crippen LogP contribution in [-0.4, -0.2) is 94.8 Å². The van der Waals surface area contributed by atoms with Gasteiger partial charge in [-0.1, -0.05) is 0 Å². The van der Waals surface area contributed by atoms with Gasteiger partial charge in [0.15, 0.2) is 0 Å². The van der Waals surface area contributed by atoms with Gasteiger partial charge in [0.2, 0.25) is 5.95 Å². The number of carbonyl (C=O) groups excluding carboxylic acids is 1. The number of carbonyl (C=O) groups is 1. The van der Waals surface area contributed by atoms with Crippen molar-refractivity contribution in [3.63, 3.8) is 0 Å². The normalized spacial score (nSPS) is 23.4. The number of ether oxygens (including phenoxy) is 1. The van der Waals surface area contributed by atoms with Crippen LogP contribution in [0.2, 0.25) is 0 Å². The Morgan fingerprint density at radius 1 is 0.919 bits per heavy atom. The van der Waals surface area contributed by atoms with Crippen molar-refractivity contribution in [2.45, 2.75) is 70.7 Å². The van der Waals surface area contributed by atoms with Crippen molar-refractivity contribution < 1.29 is 22.7 Å². The smallest absolute Gasteiger partial charge is 0.419 e. The number of hydrogen-bond acceptors (Lipinski definition) is 7. The van der Waals surface area contributed by atoms with E-state index in [0.717, 1.165) is 84.0 Å². The number of nitrogens with zero attached hydrogens (tertiary/aromatic N) is 5. The summed E-state index contributed by atoms with van der Waals surface area (Å²) in [4.78, 5) is 26.8. The minimum Gasteiger partial charge on any atom is -0.444 e. The molecule has 0 aliphatic carbocycles. The fraction of sp³-hybridized carbons (Fsp3) is 0.808. The van der Waals surface area contributed by atoms with Crippen molar-refractivity contribution in [2.24, 2.45) is 11.8 Å². The van der Waals surface area contributed by atoms with Crippen LogP contribution in [-0.2, 0) is 10.9 Å². The number of halogens is 3. The summed E-state index contributed by atoms with van der Waals surface area (Å²) in [6.07, 6.45) is 2.43. The largest absolute Gasteiger partial charge is 0.444 e. The Kier molecular flexibility index (Phi) is 8.83. The van der Waals surface area contributed by atoms with E-state index in [2.05, 4.69) is 25.1 Å². The number of piperidine rings is 2. The lowest BCUT2D eigenvalue weighted by molar-refractivity contribution is -0.138. The zero-order chi connectivity index (χ0) is 26.6. The summed E-state index contributed by atoms with van der Waals surface area (Å²) in [5.74, 6) is 1.56. The lowest BCUT2D eigenvalue weighted by atomic mass is 9.92. The Balaban J connectivity index is 1.11. The SMILES string of the molecule is CC(C)(C)OC(=O)N1CCC(CN2CCC(CN3CCC(Nc4ncc(C(F)(F)F)cn4)C3)CC2)CC1. The molecule has 11 heteroatoms. The summed E-state index contributed by atoms with van der Waals surface area (Å²) in [5.41, 5.74) is -1.28. The molecule has 3 saturated heterocycles. The van der Waals surface area contributed by atoms with Gasteiger partial charge in [0, 0.05) is 57.7 Å². The van der Waals surface area contributed by atoms with Gasteiger partial charge in [0.25, 0.3) is 0 Å². The van der Waals surface area contributed by atoms with Crippen LogP contribution in [0.5, 0.6) is 0 Å². The Morgan fingerprint density at radius 2 is 1.46 bits per heavy atom. The fourth-order valence-corrected chi connectivity index (χ4v) is 5.55. The molecule has 0 saturated carbocycles. The van der Waals surface area contributed by atoms with Gasteiger partial charge in [-0.25, -0.2) is 14.8 Å². The summed E-state index contributed by atoms with van der Waals surface area (Å²) in [7, 11) is 0. The summed E-state index contributed by atoms with van der Waals surface area (Å²) in [6, 6.07) is 0.156. The topological polar surface area (TPSA) is 73.8 Å². The molecule has 1 atom stereocenters. The molecule has 1 unspecified atom stereocenters. The maximum absolute atomic E-state index is 12.7. The molecule has 0 radical (unpaired) electrons. The summed E-state index contributed by atoms with van der Waals surface area (Å²) in [5, 5.41) is 3.19. The highest BCUT2D eigenvalue weighted by Crippen LogP contribution is 2.29. The summed E-state index contributed by atoms with van der Waals surface area (Å²) in [6.45, 7) is 13.5. The van der Waals surface area contributed by atoms with E-state index in [0.29, 0.717) is 11.8 Å². The molecule has 8 nitrogen and oxygen atoms in total. The first kappa shape index (κ1) is 27.9. The first-order valence-corrected chi connectivity index (χ1v) is 13.5. The lowest BCUT2D eigenvalue weighted by Crippen LogP contribution is -2.45. The van der Waals surface area contributed by atoms with E-state index in [1.807, 2.05) is 25.7 Å². The molecule has 3 aliphatic heterocycles. The van der Waals surface area contributed by atoms with Gasteiger partial charge < -0.3 is 24.8 Å². The van der Waals surface area contributed by atoms with Gasteiger partial charge in [-0.3, -0.25) is 0 Å². The van der Waals surface area contributed by atoms with Crippen molar-refractivity contribution >= 4 is 12.0 Å². The van der Waals surface area contributed by atoms with E-state index in [9.17, 15) is 18.0 Å². The average Bonchev–Trinajstić information content (AvgIpc) is 3.26. The summed E-state index contributed by atoms with van der Waals surface area (Å²) >= 11 is 0.